The van der Waals surface area contributed by atoms with Crippen LogP contribution < -0.4 is 11.3 Å². The van der Waals surface area contributed by atoms with Gasteiger partial charge in [0.1, 0.15) is 0 Å². The van der Waals surface area contributed by atoms with E-state index in [2.05, 4.69) is 0 Å². The van der Waals surface area contributed by atoms with Crippen LogP contribution in [-0.4, -0.2) is 14.5 Å². The van der Waals surface area contributed by atoms with Gasteiger partial charge in [0.05, 0.1) is 10.8 Å². The molecule has 1 unspecified atom stereocenters. The summed E-state index contributed by atoms with van der Waals surface area (Å²) in [7, 11) is -1.02. The molecule has 2 aromatic rings. The lowest BCUT2D eigenvalue weighted by Gasteiger charge is -2.06. The lowest BCUT2D eigenvalue weighted by atomic mass is 10.2. The fourth-order valence-corrected chi connectivity index (χ4v) is 2.97. The van der Waals surface area contributed by atoms with Gasteiger partial charge < -0.3 is 10.3 Å². The number of aryl methyl sites for hydroxylation is 2. The molecule has 0 aliphatic carbocycles. The number of rotatable bonds is 5. The predicted octanol–water partition coefficient (Wildman–Crippen LogP) is 1.94. The topological polar surface area (TPSA) is 65.1 Å². The summed E-state index contributed by atoms with van der Waals surface area (Å²) in [6, 6.07) is 10.7. The minimum atomic E-state index is -1.02. The zero-order valence-corrected chi connectivity index (χ0v) is 12.2. The predicted molar refractivity (Wildman–Crippen MR) is 82.2 cm³/mol. The van der Waals surface area contributed by atoms with Crippen LogP contribution in [0.15, 0.2) is 52.3 Å². The normalized spacial score (nSPS) is 12.2. The Bertz CT molecular complexity index is 662. The summed E-state index contributed by atoms with van der Waals surface area (Å²) in [4.78, 5) is 12.4. The van der Waals surface area contributed by atoms with Gasteiger partial charge in [0.15, 0.2) is 0 Å². The number of nitrogens with zero attached hydrogens (tertiary/aromatic N) is 1. The molecular formula is C15H18N2O2S. The minimum Gasteiger partial charge on any atom is -0.398 e. The van der Waals surface area contributed by atoms with Gasteiger partial charge in [-0.3, -0.25) is 9.00 Å². The van der Waals surface area contributed by atoms with Crippen LogP contribution in [0, 0.1) is 6.92 Å². The number of benzene rings is 1. The Balaban J connectivity index is 1.92. The Labute approximate surface area is 120 Å². The number of hydrogen-bond acceptors (Lipinski definition) is 3. The molecule has 4 nitrogen and oxygen atoms in total. The van der Waals surface area contributed by atoms with Crippen molar-refractivity contribution in [2.24, 2.45) is 0 Å². The van der Waals surface area contributed by atoms with Crippen molar-refractivity contribution in [3.8, 4) is 0 Å². The van der Waals surface area contributed by atoms with Gasteiger partial charge in [0, 0.05) is 35.1 Å². The first-order valence-electron chi connectivity index (χ1n) is 6.47. The molecule has 0 aliphatic rings. The number of aromatic nitrogens is 1. The molecule has 0 spiro atoms. The van der Waals surface area contributed by atoms with Gasteiger partial charge in [-0.2, -0.15) is 0 Å². The number of anilines is 1. The molecule has 1 atom stereocenters. The maximum Gasteiger partial charge on any atom is 0.250 e. The zero-order valence-electron chi connectivity index (χ0n) is 11.4. The molecule has 1 aromatic carbocycles. The molecule has 0 amide bonds. The smallest absolute Gasteiger partial charge is 0.250 e. The quantitative estimate of drug-likeness (QED) is 0.915. The minimum absolute atomic E-state index is 0.0830. The van der Waals surface area contributed by atoms with E-state index in [9.17, 15) is 9.00 Å². The van der Waals surface area contributed by atoms with Gasteiger partial charge in [-0.1, -0.05) is 17.7 Å². The maximum absolute atomic E-state index is 12.1. The summed E-state index contributed by atoms with van der Waals surface area (Å²) < 4.78 is 13.7. The SMILES string of the molecule is Cc1ccc(S(=O)CCCn2cc(N)ccc2=O)cc1. The first kappa shape index (κ1) is 14.5. The van der Waals surface area contributed by atoms with Gasteiger partial charge in [-0.15, -0.1) is 0 Å². The molecule has 2 N–H and O–H groups in total. The third-order valence-electron chi connectivity index (χ3n) is 3.02. The van der Waals surface area contributed by atoms with Gasteiger partial charge in [0.25, 0.3) is 5.56 Å². The molecule has 0 bridgehead atoms. The van der Waals surface area contributed by atoms with Crippen molar-refractivity contribution in [3.05, 3.63) is 58.5 Å². The Morgan fingerprint density at radius 2 is 1.85 bits per heavy atom. The van der Waals surface area contributed by atoms with E-state index in [1.807, 2.05) is 31.2 Å². The highest BCUT2D eigenvalue weighted by Gasteiger charge is 2.04. The molecular weight excluding hydrogens is 272 g/mol. The highest BCUT2D eigenvalue weighted by atomic mass is 32.2. The van der Waals surface area contributed by atoms with E-state index in [4.69, 9.17) is 5.73 Å². The molecule has 20 heavy (non-hydrogen) atoms. The fraction of sp³-hybridized carbons (Fsp3) is 0.267. The Morgan fingerprint density at radius 3 is 2.55 bits per heavy atom. The monoisotopic (exact) mass is 290 g/mol. The molecule has 5 heteroatoms. The summed E-state index contributed by atoms with van der Waals surface area (Å²) >= 11 is 0. The van der Waals surface area contributed by atoms with E-state index in [0.29, 0.717) is 24.4 Å². The lowest BCUT2D eigenvalue weighted by Crippen LogP contribution is -2.19. The number of nitrogens with two attached hydrogens (primary N) is 1. The maximum atomic E-state index is 12.1. The van der Waals surface area contributed by atoms with Crippen LogP contribution in [-0.2, 0) is 17.3 Å². The molecule has 106 valence electrons. The second-order valence-electron chi connectivity index (χ2n) is 4.71. The molecule has 0 aliphatic heterocycles. The van der Waals surface area contributed by atoms with E-state index < -0.39 is 10.8 Å². The van der Waals surface area contributed by atoms with E-state index >= 15 is 0 Å². The third-order valence-corrected chi connectivity index (χ3v) is 4.48. The van der Waals surface area contributed by atoms with Gasteiger partial charge >= 0.3 is 0 Å². The van der Waals surface area contributed by atoms with Crippen molar-refractivity contribution >= 4 is 16.5 Å². The van der Waals surface area contributed by atoms with Crippen molar-refractivity contribution in [2.45, 2.75) is 24.8 Å². The van der Waals surface area contributed by atoms with Crippen LogP contribution in [0.4, 0.5) is 5.69 Å². The summed E-state index contributed by atoms with van der Waals surface area (Å²) in [6.45, 7) is 2.53. The number of pyridine rings is 1. The number of nitrogen functional groups attached to an aromatic ring is 1. The van der Waals surface area contributed by atoms with Crippen LogP contribution in [0.1, 0.15) is 12.0 Å². The summed E-state index contributed by atoms with van der Waals surface area (Å²) in [5.41, 5.74) is 7.27. The molecule has 0 saturated heterocycles. The molecule has 0 radical (unpaired) electrons. The van der Waals surface area contributed by atoms with E-state index in [1.54, 1.807) is 16.8 Å². The first-order valence-corrected chi connectivity index (χ1v) is 7.79. The van der Waals surface area contributed by atoms with Crippen LogP contribution in [0.2, 0.25) is 0 Å². The van der Waals surface area contributed by atoms with Crippen LogP contribution >= 0.6 is 0 Å². The summed E-state index contributed by atoms with van der Waals surface area (Å²) in [5.74, 6) is 0.532. The van der Waals surface area contributed by atoms with Crippen molar-refractivity contribution in [1.82, 2.24) is 4.57 Å². The van der Waals surface area contributed by atoms with E-state index in [-0.39, 0.29) is 5.56 Å². The first-order chi connectivity index (χ1) is 9.56. The van der Waals surface area contributed by atoms with Crippen molar-refractivity contribution in [3.63, 3.8) is 0 Å². The van der Waals surface area contributed by atoms with Crippen molar-refractivity contribution in [1.29, 1.82) is 0 Å². The van der Waals surface area contributed by atoms with E-state index in [0.717, 1.165) is 10.5 Å². The van der Waals surface area contributed by atoms with Crippen LogP contribution in [0.25, 0.3) is 0 Å². The Kier molecular flexibility index (Phi) is 4.74. The molecule has 1 aromatic heterocycles. The van der Waals surface area contributed by atoms with Crippen LogP contribution in [0.5, 0.6) is 0 Å². The molecule has 2 rings (SSSR count). The summed E-state index contributed by atoms with van der Waals surface area (Å²) in [6.07, 6.45) is 2.29. The average Bonchev–Trinajstić information content (AvgIpc) is 2.43. The van der Waals surface area contributed by atoms with Crippen molar-refractivity contribution < 1.29 is 4.21 Å². The second kappa shape index (κ2) is 6.52. The largest absolute Gasteiger partial charge is 0.398 e. The highest BCUT2D eigenvalue weighted by Crippen LogP contribution is 2.09. The summed E-state index contributed by atoms with van der Waals surface area (Å²) in [5, 5.41) is 0. The number of hydrogen-bond donors (Lipinski definition) is 1. The molecule has 0 saturated carbocycles. The standard InChI is InChI=1S/C15H18N2O2S/c1-12-3-6-14(7-4-12)20(19)10-2-9-17-11-13(16)5-8-15(17)18/h3-8,11H,2,9-10,16H2,1H3. The fourth-order valence-electron chi connectivity index (χ4n) is 1.90. The second-order valence-corrected chi connectivity index (χ2v) is 6.28. The molecule has 0 fully saturated rings. The van der Waals surface area contributed by atoms with Crippen molar-refractivity contribution in [2.75, 3.05) is 11.5 Å². The van der Waals surface area contributed by atoms with E-state index in [1.165, 1.54) is 6.07 Å². The third kappa shape index (κ3) is 3.81. The lowest BCUT2D eigenvalue weighted by molar-refractivity contribution is 0.644. The molecule has 1 heterocycles. The highest BCUT2D eigenvalue weighted by molar-refractivity contribution is 7.85. The van der Waals surface area contributed by atoms with Gasteiger partial charge in [0.2, 0.25) is 0 Å². The Morgan fingerprint density at radius 1 is 1.15 bits per heavy atom. The van der Waals surface area contributed by atoms with Crippen LogP contribution in [0.3, 0.4) is 0 Å². The Hall–Kier alpha value is -1.88. The van der Waals surface area contributed by atoms with Gasteiger partial charge in [-0.05, 0) is 31.5 Å². The zero-order chi connectivity index (χ0) is 14.5. The van der Waals surface area contributed by atoms with Gasteiger partial charge in [-0.25, -0.2) is 0 Å². The average molecular weight is 290 g/mol.